The molecule has 0 bridgehead atoms. The number of rotatable bonds is 5. The van der Waals surface area contributed by atoms with Crippen molar-refractivity contribution in [2.24, 2.45) is 23.5 Å². The van der Waals surface area contributed by atoms with Crippen LogP contribution in [0, 0.1) is 17.8 Å². The van der Waals surface area contributed by atoms with Gasteiger partial charge >= 0.3 is 13.1 Å². The molecule has 0 radical (unpaired) electrons. The maximum atomic E-state index is 10.8. The van der Waals surface area contributed by atoms with Crippen molar-refractivity contribution in [1.29, 1.82) is 0 Å². The molecular formula is C9H18BNO4. The molecule has 0 aromatic carbocycles. The number of aliphatic carboxylic acids is 1. The quantitative estimate of drug-likeness (QED) is 0.464. The molecule has 1 rings (SSSR count). The molecule has 6 heteroatoms. The maximum absolute atomic E-state index is 10.8. The summed E-state index contributed by atoms with van der Waals surface area (Å²) in [7, 11) is -1.30. The number of hydrogen-bond donors (Lipinski definition) is 4. The average Bonchev–Trinajstić information content (AvgIpc) is 2.57. The summed E-state index contributed by atoms with van der Waals surface area (Å²) in [5, 5.41) is 26.4. The molecule has 1 fully saturated rings. The third kappa shape index (κ3) is 3.48. The van der Waals surface area contributed by atoms with E-state index < -0.39 is 13.1 Å². The number of carboxylic acid groups (broad SMARTS) is 1. The lowest BCUT2D eigenvalue weighted by Gasteiger charge is -2.16. The summed E-state index contributed by atoms with van der Waals surface area (Å²) in [6, 6.07) is 0. The molecule has 5 N–H and O–H groups in total. The summed E-state index contributed by atoms with van der Waals surface area (Å²) in [5.74, 6) is -0.636. The highest BCUT2D eigenvalue weighted by molar-refractivity contribution is 6.40. The molecule has 1 aliphatic rings. The highest BCUT2D eigenvalue weighted by Gasteiger charge is 2.37. The van der Waals surface area contributed by atoms with Gasteiger partial charge < -0.3 is 20.9 Å². The Kier molecular flexibility index (Phi) is 4.57. The minimum Gasteiger partial charge on any atom is -0.481 e. The summed E-state index contributed by atoms with van der Waals surface area (Å²) in [6.45, 7) is 0.482. The van der Waals surface area contributed by atoms with Gasteiger partial charge in [-0.15, -0.1) is 0 Å². The predicted octanol–water partition coefficient (Wildman–Crippen LogP) is -0.465. The Morgan fingerprint density at radius 3 is 2.40 bits per heavy atom. The SMILES string of the molecule is NC[C@H]1C[C@@H](C(=O)O)CC1CCB(O)O. The van der Waals surface area contributed by atoms with Gasteiger partial charge in [-0.3, -0.25) is 4.79 Å². The zero-order valence-electron chi connectivity index (χ0n) is 8.67. The Labute approximate surface area is 89.4 Å². The standard InChI is InChI=1S/C9H18BNO4/c11-5-8-4-7(9(12)13)3-6(8)1-2-10(14)15/h6-8,14-15H,1-5,11H2,(H,12,13)/t6?,7-,8+/m0/s1. The van der Waals surface area contributed by atoms with E-state index in [-0.39, 0.29) is 17.8 Å². The number of hydrogen-bond acceptors (Lipinski definition) is 4. The predicted molar refractivity (Wildman–Crippen MR) is 56.0 cm³/mol. The van der Waals surface area contributed by atoms with Crippen LogP contribution in [0.2, 0.25) is 6.32 Å². The topological polar surface area (TPSA) is 104 Å². The van der Waals surface area contributed by atoms with Crippen molar-refractivity contribution in [2.45, 2.75) is 25.6 Å². The number of carbonyl (C=O) groups is 1. The summed E-state index contributed by atoms with van der Waals surface area (Å²) in [5.41, 5.74) is 5.58. The molecule has 0 saturated heterocycles. The Bertz CT molecular complexity index is 224. The molecule has 5 nitrogen and oxygen atoms in total. The van der Waals surface area contributed by atoms with Crippen molar-refractivity contribution >= 4 is 13.1 Å². The lowest BCUT2D eigenvalue weighted by molar-refractivity contribution is -0.141. The van der Waals surface area contributed by atoms with Gasteiger partial charge in [-0.2, -0.15) is 0 Å². The van der Waals surface area contributed by atoms with E-state index >= 15 is 0 Å². The zero-order chi connectivity index (χ0) is 11.4. The lowest BCUT2D eigenvalue weighted by atomic mass is 9.78. The molecule has 1 unspecified atom stereocenters. The van der Waals surface area contributed by atoms with E-state index in [1.54, 1.807) is 0 Å². The molecule has 1 aliphatic carbocycles. The Balaban J connectivity index is 2.45. The molecule has 15 heavy (non-hydrogen) atoms. The smallest absolute Gasteiger partial charge is 0.451 e. The molecular weight excluding hydrogens is 197 g/mol. The van der Waals surface area contributed by atoms with Crippen molar-refractivity contribution in [3.05, 3.63) is 0 Å². The van der Waals surface area contributed by atoms with Gasteiger partial charge in [0, 0.05) is 0 Å². The first-order chi connectivity index (χ1) is 7.04. The second kappa shape index (κ2) is 5.49. The lowest BCUT2D eigenvalue weighted by Crippen LogP contribution is -2.20. The van der Waals surface area contributed by atoms with Crippen LogP contribution in [0.25, 0.3) is 0 Å². The zero-order valence-corrected chi connectivity index (χ0v) is 8.67. The van der Waals surface area contributed by atoms with Gasteiger partial charge in [0.25, 0.3) is 0 Å². The Morgan fingerprint density at radius 1 is 1.33 bits per heavy atom. The van der Waals surface area contributed by atoms with Crippen LogP contribution in [0.1, 0.15) is 19.3 Å². The maximum Gasteiger partial charge on any atom is 0.451 e. The van der Waals surface area contributed by atoms with Crippen molar-refractivity contribution in [3.63, 3.8) is 0 Å². The molecule has 86 valence electrons. The average molecular weight is 215 g/mol. The summed E-state index contributed by atoms with van der Waals surface area (Å²) >= 11 is 0. The molecule has 0 aromatic rings. The largest absolute Gasteiger partial charge is 0.481 e. The third-order valence-corrected chi connectivity index (χ3v) is 3.29. The molecule has 1 saturated carbocycles. The molecule has 0 heterocycles. The van der Waals surface area contributed by atoms with Crippen molar-refractivity contribution in [3.8, 4) is 0 Å². The first-order valence-electron chi connectivity index (χ1n) is 5.33. The fourth-order valence-electron chi connectivity index (χ4n) is 2.42. The van der Waals surface area contributed by atoms with E-state index in [4.69, 9.17) is 20.9 Å². The third-order valence-electron chi connectivity index (χ3n) is 3.29. The number of nitrogens with two attached hydrogens (primary N) is 1. The minimum atomic E-state index is -1.30. The van der Waals surface area contributed by atoms with Crippen LogP contribution in [0.4, 0.5) is 0 Å². The van der Waals surface area contributed by atoms with Gasteiger partial charge in [0.05, 0.1) is 5.92 Å². The van der Waals surface area contributed by atoms with Crippen LogP contribution >= 0.6 is 0 Å². The molecule has 3 atom stereocenters. The minimum absolute atomic E-state index is 0.213. The van der Waals surface area contributed by atoms with Gasteiger partial charge in [0.15, 0.2) is 0 Å². The van der Waals surface area contributed by atoms with E-state index in [0.717, 1.165) is 0 Å². The second-order valence-corrected chi connectivity index (χ2v) is 4.32. The van der Waals surface area contributed by atoms with Gasteiger partial charge in [-0.25, -0.2) is 0 Å². The van der Waals surface area contributed by atoms with Gasteiger partial charge in [-0.05, 0) is 37.5 Å². The van der Waals surface area contributed by atoms with Crippen LogP contribution in [0.5, 0.6) is 0 Å². The Morgan fingerprint density at radius 2 is 1.93 bits per heavy atom. The van der Waals surface area contributed by atoms with Gasteiger partial charge in [0.2, 0.25) is 0 Å². The van der Waals surface area contributed by atoms with Crippen molar-refractivity contribution < 1.29 is 19.9 Å². The normalized spacial score (nSPS) is 30.5. The van der Waals surface area contributed by atoms with Crippen LogP contribution in [0.15, 0.2) is 0 Å². The van der Waals surface area contributed by atoms with E-state index in [1.807, 2.05) is 0 Å². The van der Waals surface area contributed by atoms with Crippen molar-refractivity contribution in [2.75, 3.05) is 6.54 Å². The molecule has 0 aromatic heterocycles. The number of carboxylic acids is 1. The van der Waals surface area contributed by atoms with Crippen LogP contribution in [0.3, 0.4) is 0 Å². The fourth-order valence-corrected chi connectivity index (χ4v) is 2.42. The second-order valence-electron chi connectivity index (χ2n) is 4.32. The molecule has 0 aliphatic heterocycles. The van der Waals surface area contributed by atoms with E-state index in [1.165, 1.54) is 0 Å². The van der Waals surface area contributed by atoms with E-state index in [0.29, 0.717) is 32.1 Å². The molecule has 0 amide bonds. The first-order valence-corrected chi connectivity index (χ1v) is 5.33. The summed E-state index contributed by atoms with van der Waals surface area (Å²) < 4.78 is 0. The first kappa shape index (κ1) is 12.5. The highest BCUT2D eigenvalue weighted by atomic mass is 16.4. The fraction of sp³-hybridized carbons (Fsp3) is 0.889. The highest BCUT2D eigenvalue weighted by Crippen LogP contribution is 2.38. The van der Waals surface area contributed by atoms with Crippen LogP contribution < -0.4 is 5.73 Å². The van der Waals surface area contributed by atoms with Crippen LogP contribution in [-0.2, 0) is 4.79 Å². The molecule has 0 spiro atoms. The van der Waals surface area contributed by atoms with E-state index in [2.05, 4.69) is 0 Å². The monoisotopic (exact) mass is 215 g/mol. The van der Waals surface area contributed by atoms with Crippen LogP contribution in [-0.4, -0.2) is 34.8 Å². The summed E-state index contributed by atoms with van der Waals surface area (Å²) in [6.07, 6.45) is 2.18. The van der Waals surface area contributed by atoms with Gasteiger partial charge in [0.1, 0.15) is 0 Å². The van der Waals surface area contributed by atoms with Crippen molar-refractivity contribution in [1.82, 2.24) is 0 Å². The Hall–Kier alpha value is -0.585. The van der Waals surface area contributed by atoms with Gasteiger partial charge in [-0.1, -0.05) is 6.42 Å². The van der Waals surface area contributed by atoms with E-state index in [9.17, 15) is 4.79 Å². The summed E-state index contributed by atoms with van der Waals surface area (Å²) in [4.78, 5) is 10.8.